The average Bonchev–Trinajstić information content (AvgIpc) is 2.78. The van der Waals surface area contributed by atoms with Crippen LogP contribution < -0.4 is 10.6 Å². The highest BCUT2D eigenvalue weighted by molar-refractivity contribution is 7.99. The summed E-state index contributed by atoms with van der Waals surface area (Å²) in [6, 6.07) is 0. The van der Waals surface area contributed by atoms with Crippen molar-refractivity contribution >= 4 is 17.7 Å². The first kappa shape index (κ1) is 14.9. The van der Waals surface area contributed by atoms with E-state index in [2.05, 4.69) is 33.1 Å². The van der Waals surface area contributed by atoms with E-state index < -0.39 is 0 Å². The number of carbonyl (C=O) groups is 1. The summed E-state index contributed by atoms with van der Waals surface area (Å²) in [6.45, 7) is 7.15. The van der Waals surface area contributed by atoms with E-state index in [1.807, 2.05) is 6.92 Å². The van der Waals surface area contributed by atoms with Gasteiger partial charge in [0.2, 0.25) is 11.1 Å². The van der Waals surface area contributed by atoms with Crippen LogP contribution in [0.4, 0.5) is 0 Å². The SMILES string of the molecule is CCNCCn1nnnc1SCCC(=O)NCC. The fraction of sp³-hybridized carbons (Fsp3) is 0.800. The molecule has 7 nitrogen and oxygen atoms in total. The Morgan fingerprint density at radius 3 is 2.94 bits per heavy atom. The van der Waals surface area contributed by atoms with Crippen LogP contribution in [-0.2, 0) is 11.3 Å². The molecule has 0 aliphatic carbocycles. The summed E-state index contributed by atoms with van der Waals surface area (Å²) in [4.78, 5) is 11.3. The molecule has 1 rings (SSSR count). The highest BCUT2D eigenvalue weighted by Crippen LogP contribution is 2.14. The van der Waals surface area contributed by atoms with Gasteiger partial charge in [-0.2, -0.15) is 0 Å². The summed E-state index contributed by atoms with van der Waals surface area (Å²) in [6.07, 6.45) is 0.485. The topological polar surface area (TPSA) is 84.7 Å². The number of thioether (sulfide) groups is 1. The molecule has 0 aliphatic rings. The summed E-state index contributed by atoms with van der Waals surface area (Å²) in [5.74, 6) is 0.754. The van der Waals surface area contributed by atoms with Gasteiger partial charge in [-0.15, -0.1) is 5.10 Å². The third kappa shape index (κ3) is 5.46. The predicted octanol–water partition coefficient (Wildman–Crippen LogP) is -0.0991. The fourth-order valence-corrected chi connectivity index (χ4v) is 2.16. The minimum absolute atomic E-state index is 0.0664. The number of carbonyl (C=O) groups excluding carboxylic acids is 1. The Hall–Kier alpha value is -1.15. The molecule has 0 saturated heterocycles. The Morgan fingerprint density at radius 1 is 1.39 bits per heavy atom. The Morgan fingerprint density at radius 2 is 2.22 bits per heavy atom. The molecule has 0 saturated carbocycles. The van der Waals surface area contributed by atoms with Crippen LogP contribution in [0.15, 0.2) is 5.16 Å². The molecule has 1 aromatic rings. The van der Waals surface area contributed by atoms with Gasteiger partial charge in [0.1, 0.15) is 0 Å². The summed E-state index contributed by atoms with van der Waals surface area (Å²) in [5.41, 5.74) is 0. The number of tetrazole rings is 1. The molecule has 1 amide bonds. The minimum atomic E-state index is 0.0664. The Kier molecular flexibility index (Phi) is 7.35. The zero-order valence-corrected chi connectivity index (χ0v) is 11.7. The highest BCUT2D eigenvalue weighted by Gasteiger charge is 2.07. The molecule has 0 aliphatic heterocycles. The van der Waals surface area contributed by atoms with Gasteiger partial charge in [0.25, 0.3) is 0 Å². The van der Waals surface area contributed by atoms with E-state index in [9.17, 15) is 4.79 Å². The number of nitrogens with one attached hydrogen (secondary N) is 2. The van der Waals surface area contributed by atoms with E-state index in [1.54, 1.807) is 4.68 Å². The fourth-order valence-electron chi connectivity index (χ4n) is 1.32. The smallest absolute Gasteiger partial charge is 0.220 e. The number of hydrogen-bond donors (Lipinski definition) is 2. The first-order chi connectivity index (χ1) is 8.77. The van der Waals surface area contributed by atoms with E-state index in [4.69, 9.17) is 0 Å². The van der Waals surface area contributed by atoms with Crippen LogP contribution in [0.2, 0.25) is 0 Å². The van der Waals surface area contributed by atoms with Crippen molar-refractivity contribution in [1.29, 1.82) is 0 Å². The quantitative estimate of drug-likeness (QED) is 0.482. The number of aromatic nitrogens is 4. The Balaban J connectivity index is 2.29. The molecule has 102 valence electrons. The second-order valence-electron chi connectivity index (χ2n) is 3.59. The molecule has 8 heteroatoms. The van der Waals surface area contributed by atoms with Gasteiger partial charge in [0, 0.05) is 25.3 Å². The summed E-state index contributed by atoms with van der Waals surface area (Å²) in [5, 5.41) is 18.2. The molecular weight excluding hydrogens is 252 g/mol. The molecule has 0 bridgehead atoms. The lowest BCUT2D eigenvalue weighted by atomic mass is 10.4. The minimum Gasteiger partial charge on any atom is -0.356 e. The average molecular weight is 272 g/mol. The van der Waals surface area contributed by atoms with Crippen LogP contribution in [0, 0.1) is 0 Å². The van der Waals surface area contributed by atoms with Crippen molar-refractivity contribution in [2.24, 2.45) is 0 Å². The Labute approximate surface area is 111 Å². The lowest BCUT2D eigenvalue weighted by Gasteiger charge is -2.04. The van der Waals surface area contributed by atoms with Gasteiger partial charge in [-0.25, -0.2) is 4.68 Å². The van der Waals surface area contributed by atoms with E-state index in [1.165, 1.54) is 11.8 Å². The largest absolute Gasteiger partial charge is 0.356 e. The monoisotopic (exact) mass is 272 g/mol. The number of amides is 1. The van der Waals surface area contributed by atoms with Crippen molar-refractivity contribution in [3.63, 3.8) is 0 Å². The number of nitrogens with zero attached hydrogens (tertiary/aromatic N) is 4. The van der Waals surface area contributed by atoms with E-state index in [0.717, 1.165) is 24.8 Å². The van der Waals surface area contributed by atoms with E-state index in [-0.39, 0.29) is 5.91 Å². The maximum absolute atomic E-state index is 11.3. The van der Waals surface area contributed by atoms with Gasteiger partial charge in [-0.1, -0.05) is 18.7 Å². The molecule has 0 fully saturated rings. The lowest BCUT2D eigenvalue weighted by molar-refractivity contribution is -0.120. The van der Waals surface area contributed by atoms with Crippen molar-refractivity contribution in [2.75, 3.05) is 25.4 Å². The van der Waals surface area contributed by atoms with Crippen LogP contribution in [-0.4, -0.2) is 51.5 Å². The van der Waals surface area contributed by atoms with Crippen LogP contribution in [0.1, 0.15) is 20.3 Å². The van der Waals surface area contributed by atoms with Gasteiger partial charge in [0.05, 0.1) is 6.54 Å². The third-order valence-corrected chi connectivity index (χ3v) is 3.14. The van der Waals surface area contributed by atoms with Gasteiger partial charge in [0.15, 0.2) is 0 Å². The molecule has 0 radical (unpaired) electrons. The maximum Gasteiger partial charge on any atom is 0.220 e. The molecule has 0 unspecified atom stereocenters. The summed E-state index contributed by atoms with van der Waals surface area (Å²) >= 11 is 1.50. The van der Waals surface area contributed by atoms with Gasteiger partial charge in [-0.05, 0) is 23.9 Å². The first-order valence-electron chi connectivity index (χ1n) is 6.14. The zero-order valence-electron chi connectivity index (χ0n) is 10.8. The molecule has 18 heavy (non-hydrogen) atoms. The van der Waals surface area contributed by atoms with Gasteiger partial charge >= 0.3 is 0 Å². The van der Waals surface area contributed by atoms with Crippen molar-refractivity contribution in [2.45, 2.75) is 32.0 Å². The zero-order chi connectivity index (χ0) is 13.2. The molecule has 2 N–H and O–H groups in total. The number of likely N-dealkylation sites (N-methyl/N-ethyl adjacent to an activating group) is 1. The second kappa shape index (κ2) is 8.87. The van der Waals surface area contributed by atoms with Crippen molar-refractivity contribution < 1.29 is 4.79 Å². The molecular formula is C10H20N6OS. The molecule has 0 atom stereocenters. The van der Waals surface area contributed by atoms with Crippen molar-refractivity contribution in [3.8, 4) is 0 Å². The van der Waals surface area contributed by atoms with Crippen molar-refractivity contribution in [3.05, 3.63) is 0 Å². The summed E-state index contributed by atoms with van der Waals surface area (Å²) in [7, 11) is 0. The van der Waals surface area contributed by atoms with Crippen LogP contribution in [0.25, 0.3) is 0 Å². The van der Waals surface area contributed by atoms with E-state index >= 15 is 0 Å². The van der Waals surface area contributed by atoms with Gasteiger partial charge in [-0.3, -0.25) is 4.79 Å². The predicted molar refractivity (Wildman–Crippen MR) is 70.4 cm³/mol. The third-order valence-electron chi connectivity index (χ3n) is 2.18. The standard InChI is InChI=1S/C10H20N6OS/c1-3-11-6-7-16-10(13-14-15-16)18-8-5-9(17)12-4-2/h11H,3-8H2,1-2H3,(H,12,17). The van der Waals surface area contributed by atoms with E-state index in [0.29, 0.717) is 18.7 Å². The van der Waals surface area contributed by atoms with Crippen LogP contribution in [0.3, 0.4) is 0 Å². The van der Waals surface area contributed by atoms with Crippen LogP contribution >= 0.6 is 11.8 Å². The highest BCUT2D eigenvalue weighted by atomic mass is 32.2. The normalized spacial score (nSPS) is 10.6. The number of hydrogen-bond acceptors (Lipinski definition) is 6. The van der Waals surface area contributed by atoms with Gasteiger partial charge < -0.3 is 10.6 Å². The van der Waals surface area contributed by atoms with Crippen LogP contribution in [0.5, 0.6) is 0 Å². The maximum atomic E-state index is 11.3. The number of rotatable bonds is 9. The summed E-state index contributed by atoms with van der Waals surface area (Å²) < 4.78 is 1.76. The molecule has 0 aromatic carbocycles. The van der Waals surface area contributed by atoms with Crippen molar-refractivity contribution in [1.82, 2.24) is 30.8 Å². The Bertz CT molecular complexity index is 356. The second-order valence-corrected chi connectivity index (χ2v) is 4.65. The molecule has 1 aromatic heterocycles. The molecule has 0 spiro atoms. The lowest BCUT2D eigenvalue weighted by Crippen LogP contribution is -2.23. The first-order valence-corrected chi connectivity index (χ1v) is 7.12. The molecule has 1 heterocycles.